The van der Waals surface area contributed by atoms with Crippen LogP contribution in [-0.2, 0) is 4.79 Å². The Morgan fingerprint density at radius 2 is 1.79 bits per heavy atom. The Kier molecular flexibility index (Phi) is 6.76. The zero-order valence-corrected chi connectivity index (χ0v) is 16.9. The minimum Gasteiger partial charge on any atom is -0.493 e. The molecule has 1 saturated heterocycles. The van der Waals surface area contributed by atoms with E-state index in [9.17, 15) is 4.79 Å². The standard InChI is InChI=1S/C22H29N3O3/c1-4-24-11-13-25(14-12-24)19-10-9-18(15-17(19)2)23-22(26)16-28-21-8-6-5-7-20(21)27-3/h5-10,15H,4,11-14,16H2,1-3H3,(H,23,26). The number of carbonyl (C=O) groups is 1. The zero-order valence-electron chi connectivity index (χ0n) is 16.9. The van der Waals surface area contributed by atoms with E-state index in [4.69, 9.17) is 9.47 Å². The number of piperazine rings is 1. The molecule has 0 atom stereocenters. The largest absolute Gasteiger partial charge is 0.493 e. The minimum atomic E-state index is -0.199. The van der Waals surface area contributed by atoms with Crippen LogP contribution in [0.15, 0.2) is 42.5 Å². The highest BCUT2D eigenvalue weighted by atomic mass is 16.5. The Balaban J connectivity index is 1.56. The average molecular weight is 383 g/mol. The molecule has 6 heteroatoms. The second kappa shape index (κ2) is 9.46. The van der Waals surface area contributed by atoms with Crippen LogP contribution in [0.1, 0.15) is 12.5 Å². The van der Waals surface area contributed by atoms with Gasteiger partial charge in [0.25, 0.3) is 5.91 Å². The summed E-state index contributed by atoms with van der Waals surface area (Å²) in [7, 11) is 1.58. The van der Waals surface area contributed by atoms with Gasteiger partial charge in [-0.3, -0.25) is 4.79 Å². The van der Waals surface area contributed by atoms with Gasteiger partial charge in [0.1, 0.15) is 0 Å². The van der Waals surface area contributed by atoms with Gasteiger partial charge in [-0.25, -0.2) is 0 Å². The van der Waals surface area contributed by atoms with Crippen LogP contribution in [0.3, 0.4) is 0 Å². The highest BCUT2D eigenvalue weighted by Gasteiger charge is 2.17. The molecule has 1 N–H and O–H groups in total. The molecule has 28 heavy (non-hydrogen) atoms. The number of aryl methyl sites for hydroxylation is 1. The summed E-state index contributed by atoms with van der Waals surface area (Å²) < 4.78 is 10.8. The SMILES string of the molecule is CCN1CCN(c2ccc(NC(=O)COc3ccccc3OC)cc2C)CC1. The van der Waals surface area contributed by atoms with Gasteiger partial charge < -0.3 is 24.6 Å². The first-order valence-electron chi connectivity index (χ1n) is 9.74. The van der Waals surface area contributed by atoms with Crippen LogP contribution in [0.25, 0.3) is 0 Å². The van der Waals surface area contributed by atoms with Crippen molar-refractivity contribution in [1.82, 2.24) is 4.90 Å². The lowest BCUT2D eigenvalue weighted by Crippen LogP contribution is -2.46. The molecule has 0 aromatic heterocycles. The molecule has 0 aliphatic carbocycles. The summed E-state index contributed by atoms with van der Waals surface area (Å²) in [5, 5.41) is 2.91. The van der Waals surface area contributed by atoms with Gasteiger partial charge in [0, 0.05) is 37.6 Å². The summed E-state index contributed by atoms with van der Waals surface area (Å²) in [6.07, 6.45) is 0. The summed E-state index contributed by atoms with van der Waals surface area (Å²) in [6.45, 7) is 9.58. The van der Waals surface area contributed by atoms with Gasteiger partial charge in [-0.2, -0.15) is 0 Å². The number of nitrogens with zero attached hydrogens (tertiary/aromatic N) is 2. The number of para-hydroxylation sites is 2. The third-order valence-electron chi connectivity index (χ3n) is 5.07. The molecule has 1 aliphatic rings. The van der Waals surface area contributed by atoms with Crippen molar-refractivity contribution in [3.63, 3.8) is 0 Å². The van der Waals surface area contributed by atoms with Crippen LogP contribution in [0, 0.1) is 6.92 Å². The fraction of sp³-hybridized carbons (Fsp3) is 0.409. The number of anilines is 2. The number of amides is 1. The molecule has 150 valence electrons. The van der Waals surface area contributed by atoms with Gasteiger partial charge >= 0.3 is 0 Å². The Morgan fingerprint density at radius 1 is 1.07 bits per heavy atom. The number of nitrogens with one attached hydrogen (secondary N) is 1. The third-order valence-corrected chi connectivity index (χ3v) is 5.07. The van der Waals surface area contributed by atoms with Crippen molar-refractivity contribution in [2.75, 3.05) is 56.7 Å². The molecule has 0 spiro atoms. The maximum atomic E-state index is 12.3. The number of rotatable bonds is 7. The lowest BCUT2D eigenvalue weighted by Gasteiger charge is -2.36. The Bertz CT molecular complexity index is 801. The van der Waals surface area contributed by atoms with Crippen LogP contribution in [-0.4, -0.2) is 57.2 Å². The fourth-order valence-electron chi connectivity index (χ4n) is 3.47. The van der Waals surface area contributed by atoms with Gasteiger partial charge in [0.15, 0.2) is 18.1 Å². The van der Waals surface area contributed by atoms with Gasteiger partial charge in [0.2, 0.25) is 0 Å². The number of likely N-dealkylation sites (N-methyl/N-ethyl adjacent to an activating group) is 1. The number of benzene rings is 2. The molecule has 0 bridgehead atoms. The molecule has 0 unspecified atom stereocenters. The van der Waals surface area contributed by atoms with E-state index in [1.165, 1.54) is 5.69 Å². The quantitative estimate of drug-likeness (QED) is 0.796. The Labute approximate surface area is 167 Å². The molecule has 1 amide bonds. The zero-order chi connectivity index (χ0) is 19.9. The first-order valence-corrected chi connectivity index (χ1v) is 9.74. The maximum Gasteiger partial charge on any atom is 0.262 e. The number of methoxy groups -OCH3 is 1. The molecule has 1 aliphatic heterocycles. The molecular formula is C22H29N3O3. The van der Waals surface area contributed by atoms with E-state index in [-0.39, 0.29) is 12.5 Å². The number of hydrogen-bond acceptors (Lipinski definition) is 5. The van der Waals surface area contributed by atoms with E-state index in [0.29, 0.717) is 11.5 Å². The van der Waals surface area contributed by atoms with E-state index in [2.05, 4.69) is 35.0 Å². The molecule has 1 heterocycles. The van der Waals surface area contributed by atoms with Crippen LogP contribution in [0.5, 0.6) is 11.5 Å². The highest BCUT2D eigenvalue weighted by Crippen LogP contribution is 2.26. The number of ether oxygens (including phenoxy) is 2. The van der Waals surface area contributed by atoms with Gasteiger partial charge in [-0.05, 0) is 49.4 Å². The van der Waals surface area contributed by atoms with Gasteiger partial charge in [-0.15, -0.1) is 0 Å². The van der Waals surface area contributed by atoms with Crippen LogP contribution >= 0.6 is 0 Å². The molecule has 0 saturated carbocycles. The van der Waals surface area contributed by atoms with E-state index >= 15 is 0 Å². The summed E-state index contributed by atoms with van der Waals surface area (Å²) >= 11 is 0. The van der Waals surface area contributed by atoms with Crippen molar-refractivity contribution in [1.29, 1.82) is 0 Å². The van der Waals surface area contributed by atoms with Crippen LogP contribution in [0.2, 0.25) is 0 Å². The molecule has 0 radical (unpaired) electrons. The van der Waals surface area contributed by atoms with Crippen molar-refractivity contribution >= 4 is 17.3 Å². The molecule has 6 nitrogen and oxygen atoms in total. The molecule has 3 rings (SSSR count). The van der Waals surface area contributed by atoms with Crippen molar-refractivity contribution in [3.05, 3.63) is 48.0 Å². The van der Waals surface area contributed by atoms with Gasteiger partial charge in [0.05, 0.1) is 7.11 Å². The molecule has 2 aromatic rings. The summed E-state index contributed by atoms with van der Waals surface area (Å²) in [5.41, 5.74) is 3.18. The van der Waals surface area contributed by atoms with E-state index in [0.717, 1.165) is 44.0 Å². The predicted octanol–water partition coefficient (Wildman–Crippen LogP) is 3.16. The first-order chi connectivity index (χ1) is 13.6. The maximum absolute atomic E-state index is 12.3. The Morgan fingerprint density at radius 3 is 2.43 bits per heavy atom. The predicted molar refractivity (Wildman–Crippen MR) is 113 cm³/mol. The minimum absolute atomic E-state index is 0.0693. The van der Waals surface area contributed by atoms with E-state index in [1.807, 2.05) is 24.3 Å². The average Bonchev–Trinajstić information content (AvgIpc) is 2.72. The first kappa shape index (κ1) is 20.0. The van der Waals surface area contributed by atoms with Crippen molar-refractivity contribution in [2.45, 2.75) is 13.8 Å². The van der Waals surface area contributed by atoms with Crippen LogP contribution < -0.4 is 19.7 Å². The molecule has 2 aromatic carbocycles. The smallest absolute Gasteiger partial charge is 0.262 e. The van der Waals surface area contributed by atoms with E-state index < -0.39 is 0 Å². The van der Waals surface area contributed by atoms with Crippen LogP contribution in [0.4, 0.5) is 11.4 Å². The van der Waals surface area contributed by atoms with Gasteiger partial charge in [-0.1, -0.05) is 19.1 Å². The topological polar surface area (TPSA) is 54.0 Å². The lowest BCUT2D eigenvalue weighted by atomic mass is 10.1. The Hall–Kier alpha value is -2.73. The summed E-state index contributed by atoms with van der Waals surface area (Å²) in [5.74, 6) is 0.964. The van der Waals surface area contributed by atoms with Crippen molar-refractivity contribution in [2.24, 2.45) is 0 Å². The molecular weight excluding hydrogens is 354 g/mol. The highest BCUT2D eigenvalue weighted by molar-refractivity contribution is 5.92. The fourth-order valence-corrected chi connectivity index (χ4v) is 3.47. The second-order valence-electron chi connectivity index (χ2n) is 6.91. The van der Waals surface area contributed by atoms with Crippen molar-refractivity contribution < 1.29 is 14.3 Å². The lowest BCUT2D eigenvalue weighted by molar-refractivity contribution is -0.118. The monoisotopic (exact) mass is 383 g/mol. The second-order valence-corrected chi connectivity index (χ2v) is 6.91. The van der Waals surface area contributed by atoms with E-state index in [1.54, 1.807) is 19.2 Å². The summed E-state index contributed by atoms with van der Waals surface area (Å²) in [6, 6.07) is 13.3. The normalized spacial score (nSPS) is 14.6. The number of carbonyl (C=O) groups excluding carboxylic acids is 1. The summed E-state index contributed by atoms with van der Waals surface area (Å²) in [4.78, 5) is 17.1. The molecule has 1 fully saturated rings. The van der Waals surface area contributed by atoms with Crippen molar-refractivity contribution in [3.8, 4) is 11.5 Å². The number of hydrogen-bond donors (Lipinski definition) is 1. The third kappa shape index (κ3) is 4.95.